The summed E-state index contributed by atoms with van der Waals surface area (Å²) >= 11 is 0. The van der Waals surface area contributed by atoms with Crippen LogP contribution in [0.25, 0.3) is 0 Å². The zero-order chi connectivity index (χ0) is 9.47. The van der Waals surface area contributed by atoms with Crippen molar-refractivity contribution in [2.75, 3.05) is 0 Å². The quantitative estimate of drug-likeness (QED) is 0.568. The predicted octanol–water partition coefficient (Wildman–Crippen LogP) is 2.89. The van der Waals surface area contributed by atoms with E-state index in [-0.39, 0.29) is 6.10 Å². The molecule has 0 aromatic heterocycles. The summed E-state index contributed by atoms with van der Waals surface area (Å²) in [7, 11) is 0. The maximum atomic E-state index is 9.93. The van der Waals surface area contributed by atoms with Crippen LogP contribution in [0.4, 0.5) is 0 Å². The van der Waals surface area contributed by atoms with Crippen molar-refractivity contribution in [1.82, 2.24) is 0 Å². The van der Waals surface area contributed by atoms with Crippen molar-refractivity contribution in [3.8, 4) is 0 Å². The highest BCUT2D eigenvalue weighted by atomic mass is 16.3. The van der Waals surface area contributed by atoms with Crippen LogP contribution in [0.2, 0.25) is 0 Å². The molecule has 2 rings (SSSR count). The molecule has 0 radical (unpaired) electrons. The largest absolute Gasteiger partial charge is 0.393 e. The van der Waals surface area contributed by atoms with Gasteiger partial charge in [0.1, 0.15) is 0 Å². The molecule has 1 nitrogen and oxygen atoms in total. The molecule has 2 aliphatic carbocycles. The van der Waals surface area contributed by atoms with Gasteiger partial charge in [-0.2, -0.15) is 0 Å². The Bertz CT molecular complexity index is 231. The monoisotopic (exact) mass is 180 g/mol. The number of hydrogen-bond acceptors (Lipinski definition) is 1. The smallest absolute Gasteiger partial charge is 0.0576 e. The van der Waals surface area contributed by atoms with E-state index >= 15 is 0 Å². The maximum Gasteiger partial charge on any atom is 0.0576 e. The van der Waals surface area contributed by atoms with Gasteiger partial charge in [0.05, 0.1) is 6.10 Å². The molecular formula is C12H20O. The summed E-state index contributed by atoms with van der Waals surface area (Å²) in [6.45, 7) is 4.58. The van der Waals surface area contributed by atoms with E-state index < -0.39 is 0 Å². The van der Waals surface area contributed by atoms with E-state index in [9.17, 15) is 5.11 Å². The van der Waals surface area contributed by atoms with Crippen molar-refractivity contribution in [2.45, 2.75) is 52.1 Å². The molecule has 1 saturated carbocycles. The molecule has 1 N–H and O–H groups in total. The van der Waals surface area contributed by atoms with E-state index in [1.807, 2.05) is 0 Å². The Labute approximate surface area is 80.8 Å². The first-order chi connectivity index (χ1) is 6.12. The summed E-state index contributed by atoms with van der Waals surface area (Å²) in [5, 5.41) is 9.93. The van der Waals surface area contributed by atoms with Crippen molar-refractivity contribution in [3.63, 3.8) is 0 Å². The molecule has 1 fully saturated rings. The normalized spacial score (nSPS) is 45.3. The molecule has 74 valence electrons. The molecule has 0 bridgehead atoms. The van der Waals surface area contributed by atoms with Crippen molar-refractivity contribution in [2.24, 2.45) is 11.3 Å². The van der Waals surface area contributed by atoms with Crippen molar-refractivity contribution >= 4 is 0 Å². The first-order valence-electron chi connectivity index (χ1n) is 5.45. The van der Waals surface area contributed by atoms with Gasteiger partial charge in [-0.1, -0.05) is 25.0 Å². The van der Waals surface area contributed by atoms with Gasteiger partial charge in [0.2, 0.25) is 0 Å². The average Bonchev–Trinajstić information content (AvgIpc) is 2.02. The highest BCUT2D eigenvalue weighted by Crippen LogP contribution is 2.49. The van der Waals surface area contributed by atoms with Gasteiger partial charge in [0.25, 0.3) is 0 Å². The molecule has 0 amide bonds. The Morgan fingerprint density at radius 2 is 2.31 bits per heavy atom. The van der Waals surface area contributed by atoms with E-state index in [0.717, 1.165) is 12.8 Å². The van der Waals surface area contributed by atoms with E-state index in [1.165, 1.54) is 24.8 Å². The van der Waals surface area contributed by atoms with Crippen molar-refractivity contribution < 1.29 is 5.11 Å². The number of rotatable bonds is 0. The molecule has 0 heterocycles. The van der Waals surface area contributed by atoms with Crippen LogP contribution in [0.5, 0.6) is 0 Å². The fraction of sp³-hybridized carbons (Fsp3) is 0.833. The molecule has 0 unspecified atom stereocenters. The predicted molar refractivity (Wildman–Crippen MR) is 54.4 cm³/mol. The zero-order valence-electron chi connectivity index (χ0n) is 8.71. The third-order valence-corrected chi connectivity index (χ3v) is 4.01. The van der Waals surface area contributed by atoms with Crippen LogP contribution in [0, 0.1) is 11.3 Å². The molecule has 1 heteroatoms. The minimum atomic E-state index is -0.0388. The molecule has 0 saturated heterocycles. The molecule has 13 heavy (non-hydrogen) atoms. The topological polar surface area (TPSA) is 20.2 Å². The Kier molecular flexibility index (Phi) is 2.23. The van der Waals surface area contributed by atoms with Crippen LogP contribution in [0.1, 0.15) is 46.0 Å². The molecule has 2 aliphatic rings. The Balaban J connectivity index is 2.22. The van der Waals surface area contributed by atoms with Crippen LogP contribution < -0.4 is 0 Å². The summed E-state index contributed by atoms with van der Waals surface area (Å²) in [6, 6.07) is 0. The van der Waals surface area contributed by atoms with Crippen molar-refractivity contribution in [1.29, 1.82) is 0 Å². The van der Waals surface area contributed by atoms with Crippen LogP contribution in [0.3, 0.4) is 0 Å². The lowest BCUT2D eigenvalue weighted by Gasteiger charge is -2.46. The van der Waals surface area contributed by atoms with Crippen molar-refractivity contribution in [3.05, 3.63) is 11.6 Å². The molecule has 0 aliphatic heterocycles. The third-order valence-electron chi connectivity index (χ3n) is 4.01. The van der Waals surface area contributed by atoms with Crippen LogP contribution in [0.15, 0.2) is 11.6 Å². The summed E-state index contributed by atoms with van der Waals surface area (Å²) in [6.07, 6.45) is 8.12. The van der Waals surface area contributed by atoms with Crippen LogP contribution in [-0.4, -0.2) is 11.2 Å². The number of aliphatic hydroxyl groups is 1. The molecule has 0 aromatic rings. The van der Waals surface area contributed by atoms with E-state index in [2.05, 4.69) is 19.9 Å². The Morgan fingerprint density at radius 3 is 3.08 bits per heavy atom. The molecule has 0 spiro atoms. The lowest BCUT2D eigenvalue weighted by molar-refractivity contribution is -0.0210. The fourth-order valence-electron chi connectivity index (χ4n) is 3.26. The van der Waals surface area contributed by atoms with E-state index in [4.69, 9.17) is 0 Å². The highest BCUT2D eigenvalue weighted by molar-refractivity contribution is 5.12. The summed E-state index contributed by atoms with van der Waals surface area (Å²) in [4.78, 5) is 0. The van der Waals surface area contributed by atoms with E-state index in [0.29, 0.717) is 11.3 Å². The number of aliphatic hydroxyl groups excluding tert-OH is 1. The van der Waals surface area contributed by atoms with Gasteiger partial charge < -0.3 is 5.11 Å². The Morgan fingerprint density at radius 1 is 1.54 bits per heavy atom. The summed E-state index contributed by atoms with van der Waals surface area (Å²) in [5.74, 6) is 0.532. The van der Waals surface area contributed by atoms with Gasteiger partial charge in [0, 0.05) is 0 Å². The zero-order valence-corrected chi connectivity index (χ0v) is 8.71. The maximum absolute atomic E-state index is 9.93. The standard InChI is InChI=1S/C12H20O/c1-9-5-6-10-11(13)4-3-7-12(10,2)8-9/h5,10-11,13H,3-4,6-8H2,1-2H3/t10-,11-,12+/m1/s1. The van der Waals surface area contributed by atoms with E-state index in [1.54, 1.807) is 0 Å². The van der Waals surface area contributed by atoms with Gasteiger partial charge in [0.15, 0.2) is 0 Å². The SMILES string of the molecule is CC1=CC[C@@H]2[C@H](O)CCC[C@@]2(C)C1. The van der Waals surface area contributed by atoms with Crippen LogP contribution >= 0.6 is 0 Å². The fourth-order valence-corrected chi connectivity index (χ4v) is 3.26. The van der Waals surface area contributed by atoms with Gasteiger partial charge in [-0.25, -0.2) is 0 Å². The molecule has 0 aromatic carbocycles. The van der Waals surface area contributed by atoms with Crippen LogP contribution in [-0.2, 0) is 0 Å². The second-order valence-electron chi connectivity index (χ2n) is 5.18. The lowest BCUT2D eigenvalue weighted by atomic mass is 9.60. The van der Waals surface area contributed by atoms with Gasteiger partial charge in [-0.3, -0.25) is 0 Å². The van der Waals surface area contributed by atoms with Gasteiger partial charge in [-0.15, -0.1) is 0 Å². The highest BCUT2D eigenvalue weighted by Gasteiger charge is 2.42. The summed E-state index contributed by atoms with van der Waals surface area (Å²) < 4.78 is 0. The summed E-state index contributed by atoms with van der Waals surface area (Å²) in [5.41, 5.74) is 1.92. The second-order valence-corrected chi connectivity index (χ2v) is 5.18. The molecular weight excluding hydrogens is 160 g/mol. The minimum Gasteiger partial charge on any atom is -0.393 e. The number of fused-ring (bicyclic) bond motifs is 1. The molecule has 3 atom stereocenters. The second kappa shape index (κ2) is 3.13. The minimum absolute atomic E-state index is 0.0388. The lowest BCUT2D eigenvalue weighted by Crippen LogP contribution is -2.41. The van der Waals surface area contributed by atoms with Gasteiger partial charge >= 0.3 is 0 Å². The average molecular weight is 180 g/mol. The Hall–Kier alpha value is -0.300. The number of hydrogen-bond donors (Lipinski definition) is 1. The number of allylic oxidation sites excluding steroid dienone is 2. The first kappa shape index (κ1) is 9.26. The third kappa shape index (κ3) is 1.54. The first-order valence-corrected chi connectivity index (χ1v) is 5.45. The van der Waals surface area contributed by atoms with Gasteiger partial charge in [-0.05, 0) is 43.9 Å².